The molecule has 0 amide bonds. The summed E-state index contributed by atoms with van der Waals surface area (Å²) in [5, 5.41) is 0. The summed E-state index contributed by atoms with van der Waals surface area (Å²) in [4.78, 5) is 0. The van der Waals surface area contributed by atoms with Crippen molar-refractivity contribution in [2.45, 2.75) is 19.6 Å². The van der Waals surface area contributed by atoms with Gasteiger partial charge in [0, 0.05) is 6.54 Å². The molecule has 0 spiro atoms. The van der Waals surface area contributed by atoms with E-state index in [1.54, 1.807) is 19.1 Å². The Hall–Kier alpha value is -0.990. The van der Waals surface area contributed by atoms with Crippen molar-refractivity contribution in [2.75, 3.05) is 20.0 Å². The first-order valence-electron chi connectivity index (χ1n) is 5.80. The fourth-order valence-electron chi connectivity index (χ4n) is 1.40. The number of hydrogen-bond acceptors (Lipinski definition) is 4. The maximum atomic E-state index is 11.9. The van der Waals surface area contributed by atoms with E-state index in [0.717, 1.165) is 5.56 Å². The summed E-state index contributed by atoms with van der Waals surface area (Å²) in [7, 11) is 0. The van der Waals surface area contributed by atoms with Gasteiger partial charge in [-0.05, 0) is 40.5 Å². The van der Waals surface area contributed by atoms with Crippen LogP contribution in [-0.2, 0) is 11.3 Å². The zero-order valence-electron chi connectivity index (χ0n) is 10.8. The molecule has 0 heterocycles. The van der Waals surface area contributed by atoms with Gasteiger partial charge in [0.25, 0.3) is 0 Å². The van der Waals surface area contributed by atoms with Crippen molar-refractivity contribution in [1.82, 2.24) is 0 Å². The van der Waals surface area contributed by atoms with Gasteiger partial charge in [0.15, 0.2) is 18.3 Å². The molecule has 0 unspecified atom stereocenters. The van der Waals surface area contributed by atoms with Crippen molar-refractivity contribution in [2.24, 2.45) is 5.73 Å². The molecule has 4 nitrogen and oxygen atoms in total. The molecule has 2 N–H and O–H groups in total. The molecule has 0 fully saturated rings. The van der Waals surface area contributed by atoms with Crippen LogP contribution < -0.4 is 15.2 Å². The average molecular weight is 358 g/mol. The number of benzene rings is 1. The largest absolute Gasteiger partial charge is 0.490 e. The van der Waals surface area contributed by atoms with Crippen LogP contribution in [0, 0.1) is 0 Å². The second-order valence-electron chi connectivity index (χ2n) is 3.77. The summed E-state index contributed by atoms with van der Waals surface area (Å²) in [5.41, 5.74) is 6.35. The lowest BCUT2D eigenvalue weighted by atomic mass is 10.2. The van der Waals surface area contributed by atoms with Crippen LogP contribution in [0.25, 0.3) is 0 Å². The van der Waals surface area contributed by atoms with Crippen LogP contribution in [-0.4, -0.2) is 26.2 Å². The minimum Gasteiger partial charge on any atom is -0.490 e. The predicted molar refractivity (Wildman–Crippen MR) is 70.7 cm³/mol. The Balaban J connectivity index is 2.72. The number of ether oxygens (including phenoxy) is 3. The Morgan fingerprint density at radius 3 is 2.50 bits per heavy atom. The first kappa shape index (κ1) is 17.1. The maximum absolute atomic E-state index is 11.9. The highest BCUT2D eigenvalue weighted by atomic mass is 79.9. The normalized spacial score (nSPS) is 11.5. The molecular weight excluding hydrogens is 343 g/mol. The monoisotopic (exact) mass is 357 g/mol. The second-order valence-corrected chi connectivity index (χ2v) is 4.62. The van der Waals surface area contributed by atoms with E-state index in [1.807, 2.05) is 0 Å². The molecule has 0 aliphatic carbocycles. The molecule has 20 heavy (non-hydrogen) atoms. The molecule has 1 rings (SSSR count). The molecule has 0 saturated carbocycles. The van der Waals surface area contributed by atoms with Crippen LogP contribution >= 0.6 is 15.9 Å². The summed E-state index contributed by atoms with van der Waals surface area (Å²) in [5.74, 6) is 0.684. The van der Waals surface area contributed by atoms with Gasteiger partial charge in [-0.2, -0.15) is 13.2 Å². The first-order chi connectivity index (χ1) is 9.37. The molecule has 1 aromatic rings. The molecule has 0 aliphatic heterocycles. The average Bonchev–Trinajstić information content (AvgIpc) is 2.35. The van der Waals surface area contributed by atoms with Gasteiger partial charge in [-0.1, -0.05) is 0 Å². The molecule has 0 bridgehead atoms. The van der Waals surface area contributed by atoms with Crippen LogP contribution in [0.4, 0.5) is 13.2 Å². The van der Waals surface area contributed by atoms with Gasteiger partial charge in [0.1, 0.15) is 6.61 Å². The van der Waals surface area contributed by atoms with Gasteiger partial charge in [0.2, 0.25) is 0 Å². The fraction of sp³-hybridized carbons (Fsp3) is 0.500. The van der Waals surface area contributed by atoms with Gasteiger partial charge in [-0.3, -0.25) is 0 Å². The lowest BCUT2D eigenvalue weighted by Gasteiger charge is -2.15. The molecule has 1 aromatic carbocycles. The molecule has 8 heteroatoms. The van der Waals surface area contributed by atoms with Crippen LogP contribution in [0.15, 0.2) is 16.6 Å². The zero-order chi connectivity index (χ0) is 15.2. The quantitative estimate of drug-likeness (QED) is 0.601. The highest BCUT2D eigenvalue weighted by Crippen LogP contribution is 2.37. The highest BCUT2D eigenvalue weighted by molar-refractivity contribution is 9.10. The van der Waals surface area contributed by atoms with Crippen LogP contribution in [0.1, 0.15) is 12.5 Å². The molecule has 0 atom stereocenters. The summed E-state index contributed by atoms with van der Waals surface area (Å²) >= 11 is 3.26. The van der Waals surface area contributed by atoms with Crippen LogP contribution in [0.2, 0.25) is 0 Å². The summed E-state index contributed by atoms with van der Waals surface area (Å²) < 4.78 is 51.3. The number of hydrogen-bond donors (Lipinski definition) is 1. The van der Waals surface area contributed by atoms with E-state index in [1.165, 1.54) is 0 Å². The molecule has 0 aliphatic rings. The minimum absolute atomic E-state index is 0.284. The van der Waals surface area contributed by atoms with Gasteiger partial charge < -0.3 is 19.9 Å². The smallest absolute Gasteiger partial charge is 0.411 e. The second kappa shape index (κ2) is 7.70. The van der Waals surface area contributed by atoms with Gasteiger partial charge in [0.05, 0.1) is 11.1 Å². The molecular formula is C12H15BrF3NO3. The number of halogens is 4. The van der Waals surface area contributed by atoms with Crippen LogP contribution in [0.3, 0.4) is 0 Å². The van der Waals surface area contributed by atoms with Crippen LogP contribution in [0.5, 0.6) is 11.5 Å². The SMILES string of the molecule is CCOc1cc(CN)cc(Br)c1OCOCC(F)(F)F. The summed E-state index contributed by atoms with van der Waals surface area (Å²) in [6.45, 7) is 0.590. The molecule has 0 aromatic heterocycles. The topological polar surface area (TPSA) is 53.7 Å². The number of alkyl halides is 3. The zero-order valence-corrected chi connectivity index (χ0v) is 12.4. The summed E-state index contributed by atoms with van der Waals surface area (Å²) in [6.07, 6.45) is -4.38. The van der Waals surface area contributed by atoms with E-state index in [4.69, 9.17) is 15.2 Å². The van der Waals surface area contributed by atoms with Crippen molar-refractivity contribution >= 4 is 15.9 Å². The van der Waals surface area contributed by atoms with Crippen molar-refractivity contribution in [3.63, 3.8) is 0 Å². The van der Waals surface area contributed by atoms with E-state index in [0.29, 0.717) is 23.4 Å². The lowest BCUT2D eigenvalue weighted by Crippen LogP contribution is -2.19. The van der Waals surface area contributed by atoms with Crippen molar-refractivity contribution in [3.05, 3.63) is 22.2 Å². The van der Waals surface area contributed by atoms with Gasteiger partial charge in [-0.25, -0.2) is 0 Å². The van der Waals surface area contributed by atoms with Crippen molar-refractivity contribution in [1.29, 1.82) is 0 Å². The number of nitrogens with two attached hydrogens (primary N) is 1. The third-order valence-electron chi connectivity index (χ3n) is 2.16. The molecule has 0 saturated heterocycles. The number of rotatable bonds is 7. The van der Waals surface area contributed by atoms with E-state index in [9.17, 15) is 13.2 Å². The van der Waals surface area contributed by atoms with Gasteiger partial charge >= 0.3 is 6.18 Å². The third-order valence-corrected chi connectivity index (χ3v) is 2.75. The highest BCUT2D eigenvalue weighted by Gasteiger charge is 2.27. The Kier molecular flexibility index (Phi) is 6.57. The fourth-order valence-corrected chi connectivity index (χ4v) is 2.00. The lowest BCUT2D eigenvalue weighted by molar-refractivity contribution is -0.186. The Bertz CT molecular complexity index is 441. The minimum atomic E-state index is -4.38. The van der Waals surface area contributed by atoms with Gasteiger partial charge in [-0.15, -0.1) is 0 Å². The van der Waals surface area contributed by atoms with Crippen molar-refractivity contribution < 1.29 is 27.4 Å². The third kappa shape index (κ3) is 5.56. The first-order valence-corrected chi connectivity index (χ1v) is 6.59. The van der Waals surface area contributed by atoms with E-state index >= 15 is 0 Å². The Labute approximate surface area is 123 Å². The summed E-state index contributed by atoms with van der Waals surface area (Å²) in [6, 6.07) is 3.38. The maximum Gasteiger partial charge on any atom is 0.411 e. The van der Waals surface area contributed by atoms with E-state index in [2.05, 4.69) is 20.7 Å². The standard InChI is InChI=1S/C12H15BrF3NO3/c1-2-19-10-4-8(5-17)3-9(13)11(10)20-7-18-6-12(14,15)16/h3-4H,2,5-7,17H2,1H3. The molecule has 114 valence electrons. The predicted octanol–water partition coefficient (Wildman–Crippen LogP) is 3.22. The van der Waals surface area contributed by atoms with E-state index < -0.39 is 19.6 Å². The van der Waals surface area contributed by atoms with Crippen molar-refractivity contribution in [3.8, 4) is 11.5 Å². The Morgan fingerprint density at radius 1 is 1.25 bits per heavy atom. The molecule has 0 radical (unpaired) electrons. The Morgan fingerprint density at radius 2 is 1.95 bits per heavy atom. The van der Waals surface area contributed by atoms with E-state index in [-0.39, 0.29) is 5.75 Å².